The smallest absolute Gasteiger partial charge is 0.241 e. The highest BCUT2D eigenvalue weighted by molar-refractivity contribution is 7.90. The molecule has 1 aromatic heterocycles. The summed E-state index contributed by atoms with van der Waals surface area (Å²) in [6.45, 7) is 6.32. The van der Waals surface area contributed by atoms with Crippen molar-refractivity contribution in [2.24, 2.45) is 5.92 Å². The minimum atomic E-state index is -1.43. The lowest BCUT2D eigenvalue weighted by Crippen LogP contribution is -2.52. The van der Waals surface area contributed by atoms with E-state index in [0.717, 1.165) is 6.42 Å². The third-order valence-electron chi connectivity index (χ3n) is 7.01. The van der Waals surface area contributed by atoms with Crippen molar-refractivity contribution in [3.05, 3.63) is 59.7 Å². The Balaban J connectivity index is 1.71. The zero-order valence-electron chi connectivity index (χ0n) is 21.5. The standard InChI is InChI=1S/C27H37FN4O3S/c1-26(2,3)36(34)32-27(13-12-18-8-9-18,24-7-5-6-14-29-24)19-10-11-21(28)22(15-19)31-25(33)23-16-20(35-4)17-30-23/h5-7,10-11,14-15,18,20,23,30,32H,8-9,12-13,16-17H2,1-4H3,(H,31,33)/t20-,23-,27?,36?/m1/s1. The first-order chi connectivity index (χ1) is 17.1. The molecule has 2 aliphatic rings. The molecule has 2 unspecified atom stereocenters. The van der Waals surface area contributed by atoms with Gasteiger partial charge in [0.05, 0.1) is 23.5 Å². The summed E-state index contributed by atoms with van der Waals surface area (Å²) in [6, 6.07) is 9.92. The highest BCUT2D eigenvalue weighted by atomic mass is 32.2. The third-order valence-corrected chi connectivity index (χ3v) is 8.65. The van der Waals surface area contributed by atoms with Gasteiger partial charge in [0.15, 0.2) is 0 Å². The summed E-state index contributed by atoms with van der Waals surface area (Å²) in [5.74, 6) is -0.208. The molecule has 0 spiro atoms. The summed E-state index contributed by atoms with van der Waals surface area (Å²) in [7, 11) is 1.61. The molecule has 1 amide bonds. The van der Waals surface area contributed by atoms with E-state index in [1.165, 1.54) is 18.9 Å². The number of pyridine rings is 1. The lowest BCUT2D eigenvalue weighted by atomic mass is 9.82. The van der Waals surface area contributed by atoms with Crippen LogP contribution in [0, 0.1) is 11.7 Å². The average Bonchev–Trinajstić information content (AvgIpc) is 3.56. The van der Waals surface area contributed by atoms with E-state index in [4.69, 9.17) is 4.74 Å². The summed E-state index contributed by atoms with van der Waals surface area (Å²) in [5.41, 5.74) is 0.607. The minimum absolute atomic E-state index is 0.0484. The SMILES string of the molecule is CO[C@H]1CN[C@@H](C(=O)Nc2cc(C(CCC3CC3)(N[S+]([O-])C(C)(C)C)c3ccccn3)ccc2F)C1. The topological polar surface area (TPSA) is 98.3 Å². The second kappa shape index (κ2) is 11.1. The van der Waals surface area contributed by atoms with Crippen LogP contribution in [0.1, 0.15) is 64.1 Å². The molecule has 4 atom stereocenters. The Hall–Kier alpha value is -2.04. The summed E-state index contributed by atoms with van der Waals surface area (Å²) in [6.07, 6.45) is 6.13. The van der Waals surface area contributed by atoms with E-state index in [2.05, 4.69) is 20.3 Å². The number of anilines is 1. The predicted molar refractivity (Wildman–Crippen MR) is 140 cm³/mol. The second-order valence-electron chi connectivity index (χ2n) is 10.8. The summed E-state index contributed by atoms with van der Waals surface area (Å²) < 4.78 is 36.6. The molecule has 2 heterocycles. The first kappa shape index (κ1) is 27.0. The van der Waals surface area contributed by atoms with Crippen molar-refractivity contribution in [3.63, 3.8) is 0 Å². The predicted octanol–water partition coefficient (Wildman–Crippen LogP) is 4.02. The van der Waals surface area contributed by atoms with Gasteiger partial charge in [0.25, 0.3) is 0 Å². The lowest BCUT2D eigenvalue weighted by molar-refractivity contribution is -0.118. The van der Waals surface area contributed by atoms with Crippen molar-refractivity contribution in [2.45, 2.75) is 75.3 Å². The summed E-state index contributed by atoms with van der Waals surface area (Å²) in [4.78, 5) is 17.6. The average molecular weight is 517 g/mol. The number of aromatic nitrogens is 1. The minimum Gasteiger partial charge on any atom is -0.598 e. The van der Waals surface area contributed by atoms with E-state index < -0.39 is 33.5 Å². The molecule has 1 aliphatic carbocycles. The lowest BCUT2D eigenvalue weighted by Gasteiger charge is -2.38. The van der Waals surface area contributed by atoms with Crippen molar-refractivity contribution < 1.29 is 18.5 Å². The number of amides is 1. The summed E-state index contributed by atoms with van der Waals surface area (Å²) in [5, 5.41) is 5.89. The Bertz CT molecular complexity index is 1050. The fraction of sp³-hybridized carbons (Fsp3) is 0.556. The van der Waals surface area contributed by atoms with Gasteiger partial charge >= 0.3 is 0 Å². The van der Waals surface area contributed by atoms with E-state index in [1.807, 2.05) is 39.0 Å². The fourth-order valence-electron chi connectivity index (χ4n) is 4.53. The highest BCUT2D eigenvalue weighted by Crippen LogP contribution is 2.42. The molecule has 9 heteroatoms. The van der Waals surface area contributed by atoms with Crippen molar-refractivity contribution in [3.8, 4) is 0 Å². The molecule has 196 valence electrons. The molecular weight excluding hydrogens is 479 g/mol. The van der Waals surface area contributed by atoms with Gasteiger partial charge in [0.2, 0.25) is 5.91 Å². The monoisotopic (exact) mass is 516 g/mol. The number of benzene rings is 1. The number of methoxy groups -OCH3 is 1. The third kappa shape index (κ3) is 6.26. The molecule has 0 bridgehead atoms. The molecule has 2 aromatic rings. The van der Waals surface area contributed by atoms with E-state index in [9.17, 15) is 13.7 Å². The van der Waals surface area contributed by atoms with E-state index in [0.29, 0.717) is 36.6 Å². The molecule has 1 saturated carbocycles. The largest absolute Gasteiger partial charge is 0.598 e. The molecule has 1 aromatic carbocycles. The number of halogens is 1. The Kier molecular flexibility index (Phi) is 8.36. The van der Waals surface area contributed by atoms with Gasteiger partial charge in [-0.2, -0.15) is 0 Å². The number of carbonyl (C=O) groups is 1. The van der Waals surface area contributed by atoms with Crippen LogP contribution in [0.5, 0.6) is 0 Å². The molecule has 4 rings (SSSR count). The molecule has 3 N–H and O–H groups in total. The van der Waals surface area contributed by atoms with Crippen LogP contribution in [0.25, 0.3) is 0 Å². The number of hydrogen-bond acceptors (Lipinski definition) is 6. The summed E-state index contributed by atoms with van der Waals surface area (Å²) >= 11 is -1.43. The highest BCUT2D eigenvalue weighted by Gasteiger charge is 2.44. The van der Waals surface area contributed by atoms with Gasteiger partial charge in [0, 0.05) is 31.2 Å². The van der Waals surface area contributed by atoms with Crippen LogP contribution in [0.3, 0.4) is 0 Å². The van der Waals surface area contributed by atoms with Crippen LogP contribution in [0.15, 0.2) is 42.6 Å². The van der Waals surface area contributed by atoms with Crippen molar-refractivity contribution in [2.75, 3.05) is 19.0 Å². The molecule has 1 saturated heterocycles. The maximum absolute atomic E-state index is 15.0. The Morgan fingerprint density at radius 1 is 1.28 bits per heavy atom. The van der Waals surface area contributed by atoms with Gasteiger partial charge in [0.1, 0.15) is 16.1 Å². The number of nitrogens with one attached hydrogen (secondary N) is 3. The number of hydrogen-bond donors (Lipinski definition) is 3. The number of ether oxygens (including phenoxy) is 1. The van der Waals surface area contributed by atoms with Crippen LogP contribution in [0.4, 0.5) is 10.1 Å². The van der Waals surface area contributed by atoms with E-state index >= 15 is 0 Å². The Morgan fingerprint density at radius 2 is 2.06 bits per heavy atom. The fourth-order valence-corrected chi connectivity index (χ4v) is 5.47. The maximum atomic E-state index is 15.0. The molecule has 7 nitrogen and oxygen atoms in total. The van der Waals surface area contributed by atoms with Crippen molar-refractivity contribution in [1.29, 1.82) is 0 Å². The van der Waals surface area contributed by atoms with E-state index in [-0.39, 0.29) is 17.7 Å². The molecular formula is C27H37FN4O3S. The molecule has 0 radical (unpaired) electrons. The first-order valence-electron chi connectivity index (χ1n) is 12.6. The number of nitrogens with zero attached hydrogens (tertiary/aromatic N) is 1. The molecule has 1 aliphatic heterocycles. The number of rotatable bonds is 10. The first-order valence-corrected chi connectivity index (χ1v) is 13.8. The van der Waals surface area contributed by atoms with Crippen molar-refractivity contribution in [1.82, 2.24) is 15.0 Å². The van der Waals surface area contributed by atoms with Gasteiger partial charge in [-0.15, -0.1) is 4.72 Å². The van der Waals surface area contributed by atoms with Crippen LogP contribution in [-0.4, -0.2) is 46.0 Å². The van der Waals surface area contributed by atoms with Crippen molar-refractivity contribution >= 4 is 23.0 Å². The second-order valence-corrected chi connectivity index (χ2v) is 12.8. The Morgan fingerprint density at radius 3 is 2.67 bits per heavy atom. The molecule has 2 fully saturated rings. The van der Waals surface area contributed by atoms with Gasteiger partial charge in [-0.1, -0.05) is 25.0 Å². The van der Waals surface area contributed by atoms with Gasteiger partial charge in [-0.3, -0.25) is 9.78 Å². The quantitative estimate of drug-likeness (QED) is 0.413. The van der Waals surface area contributed by atoms with Crippen LogP contribution in [-0.2, 0) is 26.4 Å². The number of carbonyl (C=O) groups excluding carboxylic acids is 1. The normalized spacial score (nSPS) is 22.7. The van der Waals surface area contributed by atoms with E-state index in [1.54, 1.807) is 25.4 Å². The van der Waals surface area contributed by atoms with Crippen LogP contribution < -0.4 is 15.4 Å². The Labute approximate surface area is 216 Å². The van der Waals surface area contributed by atoms with Crippen LogP contribution >= 0.6 is 0 Å². The van der Waals surface area contributed by atoms with Gasteiger partial charge < -0.3 is 19.9 Å². The zero-order chi connectivity index (χ0) is 25.9. The van der Waals surface area contributed by atoms with Crippen LogP contribution in [0.2, 0.25) is 0 Å². The maximum Gasteiger partial charge on any atom is 0.241 e. The van der Waals surface area contributed by atoms with Gasteiger partial charge in [-0.25, -0.2) is 4.39 Å². The molecule has 36 heavy (non-hydrogen) atoms. The zero-order valence-corrected chi connectivity index (χ0v) is 22.3. The van der Waals surface area contributed by atoms with Gasteiger partial charge in [-0.05, 0) is 75.8 Å².